The monoisotopic (exact) mass is 546 g/mol. The molecule has 3 unspecified atom stereocenters. The largest absolute Gasteiger partial charge is 1.00 e. The van der Waals surface area contributed by atoms with Gasteiger partial charge in [-0.05, 0) is 0 Å². The second-order valence-corrected chi connectivity index (χ2v) is 14.5. The molecule has 0 heterocycles. The molecule has 124 valence electrons. The van der Waals surface area contributed by atoms with Gasteiger partial charge < -0.3 is 17.0 Å². The zero-order chi connectivity index (χ0) is 15.3. The van der Waals surface area contributed by atoms with Gasteiger partial charge in [0.15, 0.2) is 0 Å². The third-order valence-corrected chi connectivity index (χ3v) is 12.2. The van der Waals surface area contributed by atoms with Gasteiger partial charge in [-0.25, -0.2) is 0 Å². The molecule has 2 bridgehead atoms. The summed E-state index contributed by atoms with van der Waals surface area (Å²) in [4.78, 5) is 2.52. The van der Waals surface area contributed by atoms with Crippen LogP contribution in [0.1, 0.15) is 38.7 Å². The number of hydrogen-bond acceptors (Lipinski definition) is 1. The minimum atomic E-state index is -1.21. The predicted octanol–water partition coefficient (Wildman–Crippen LogP) is 1.85. The van der Waals surface area contributed by atoms with E-state index in [0.29, 0.717) is 5.41 Å². The summed E-state index contributed by atoms with van der Waals surface area (Å²) >= 11 is 2.48. The van der Waals surface area contributed by atoms with Crippen molar-refractivity contribution >= 4 is 35.5 Å². The molecule has 22 heavy (non-hydrogen) atoms. The standard InChI is InChI=1S/C18H26BrOTe.BrH/c1-17(2)14-8-9-18(17,16(20)10-14)12-21(3)11-13-6-4-5-7-15(13)19;/h4-7,14,16,20H,8-12H2,1-3H3;1H/q+1;/p-1. The van der Waals surface area contributed by atoms with E-state index in [1.807, 2.05) is 0 Å². The number of hydrogen-bond donors (Lipinski definition) is 1. The van der Waals surface area contributed by atoms with Gasteiger partial charge in [0, 0.05) is 0 Å². The van der Waals surface area contributed by atoms with Gasteiger partial charge in [-0.3, -0.25) is 0 Å². The van der Waals surface area contributed by atoms with Crippen molar-refractivity contribution in [2.75, 3.05) is 0 Å². The molecule has 3 atom stereocenters. The Morgan fingerprint density at radius 1 is 1.32 bits per heavy atom. The van der Waals surface area contributed by atoms with Crippen molar-refractivity contribution in [2.24, 2.45) is 16.7 Å². The molecule has 0 radical (unpaired) electrons. The van der Waals surface area contributed by atoms with E-state index in [-0.39, 0.29) is 28.5 Å². The molecule has 1 nitrogen and oxygen atoms in total. The van der Waals surface area contributed by atoms with Gasteiger partial charge in [0.2, 0.25) is 0 Å². The van der Waals surface area contributed by atoms with Gasteiger partial charge in [-0.15, -0.1) is 0 Å². The van der Waals surface area contributed by atoms with Crippen LogP contribution in [0.2, 0.25) is 9.44 Å². The van der Waals surface area contributed by atoms with Crippen LogP contribution >= 0.6 is 15.9 Å². The average Bonchev–Trinajstić information content (AvgIpc) is 2.75. The first-order valence-electron chi connectivity index (χ1n) is 7.87. The van der Waals surface area contributed by atoms with Crippen LogP contribution in [0.4, 0.5) is 0 Å². The van der Waals surface area contributed by atoms with Crippen LogP contribution in [0.25, 0.3) is 0 Å². The van der Waals surface area contributed by atoms with Gasteiger partial charge in [0.05, 0.1) is 0 Å². The van der Waals surface area contributed by atoms with E-state index in [4.69, 9.17) is 0 Å². The fourth-order valence-electron chi connectivity index (χ4n) is 4.75. The Kier molecular flexibility index (Phi) is 6.17. The summed E-state index contributed by atoms with van der Waals surface area (Å²) < 4.78 is 3.84. The van der Waals surface area contributed by atoms with Crippen molar-refractivity contribution in [1.82, 2.24) is 0 Å². The van der Waals surface area contributed by atoms with Gasteiger partial charge in [0.1, 0.15) is 0 Å². The minimum Gasteiger partial charge on any atom is -1.00 e. The maximum absolute atomic E-state index is 10.7. The average molecular weight is 546 g/mol. The van der Waals surface area contributed by atoms with Crippen molar-refractivity contribution in [2.45, 2.75) is 53.1 Å². The van der Waals surface area contributed by atoms with E-state index in [9.17, 15) is 5.11 Å². The Morgan fingerprint density at radius 3 is 2.55 bits per heavy atom. The van der Waals surface area contributed by atoms with Crippen molar-refractivity contribution in [3.05, 3.63) is 34.3 Å². The fraction of sp³-hybridized carbons (Fsp3) is 0.667. The maximum atomic E-state index is 10.7. The molecule has 2 fully saturated rings. The van der Waals surface area contributed by atoms with E-state index in [2.05, 4.69) is 59.0 Å². The van der Waals surface area contributed by atoms with E-state index in [0.717, 1.165) is 12.3 Å². The molecule has 3 rings (SSSR count). The molecule has 1 N–H and O–H groups in total. The smallest absolute Gasteiger partial charge is 1.00 e. The number of fused-ring (bicyclic) bond motifs is 2. The Hall–Kier alpha value is 0.930. The van der Waals surface area contributed by atoms with Gasteiger partial charge in [0.25, 0.3) is 0 Å². The molecule has 0 amide bonds. The molecule has 2 saturated carbocycles. The van der Waals surface area contributed by atoms with Crippen molar-refractivity contribution in [3.8, 4) is 0 Å². The second kappa shape index (κ2) is 7.04. The maximum Gasteiger partial charge on any atom is -1.00 e. The van der Waals surface area contributed by atoms with Crippen molar-refractivity contribution in [1.29, 1.82) is 0 Å². The molecule has 2 aliphatic rings. The van der Waals surface area contributed by atoms with Crippen LogP contribution in [0.5, 0.6) is 0 Å². The van der Waals surface area contributed by atoms with Gasteiger partial charge in [-0.1, -0.05) is 0 Å². The molecule has 0 aromatic heterocycles. The minimum absolute atomic E-state index is 0. The van der Waals surface area contributed by atoms with Gasteiger partial charge >= 0.3 is 145 Å². The van der Waals surface area contributed by atoms with Crippen LogP contribution in [-0.2, 0) is 4.47 Å². The molecule has 0 spiro atoms. The Labute approximate surface area is 160 Å². The zero-order valence-electron chi connectivity index (χ0n) is 13.6. The quantitative estimate of drug-likeness (QED) is 0.573. The van der Waals surface area contributed by atoms with E-state index >= 15 is 0 Å². The van der Waals surface area contributed by atoms with Crippen LogP contribution in [-0.4, -0.2) is 30.8 Å². The number of benzene rings is 1. The topological polar surface area (TPSA) is 20.2 Å². The molecular formula is C18H26Br2OTe. The second-order valence-electron chi connectivity index (χ2n) is 7.53. The molecule has 2 aliphatic carbocycles. The summed E-state index contributed by atoms with van der Waals surface area (Å²) in [6.45, 7) is 4.84. The third kappa shape index (κ3) is 3.08. The van der Waals surface area contributed by atoms with Crippen molar-refractivity contribution in [3.63, 3.8) is 0 Å². The van der Waals surface area contributed by atoms with E-state index in [1.165, 1.54) is 31.8 Å². The molecule has 1 aromatic rings. The molecule has 1 aromatic carbocycles. The first-order chi connectivity index (χ1) is 9.87. The van der Waals surface area contributed by atoms with Gasteiger partial charge in [-0.2, -0.15) is 0 Å². The molecule has 0 aliphatic heterocycles. The zero-order valence-corrected chi connectivity index (χ0v) is 19.1. The number of rotatable bonds is 4. The number of aliphatic hydroxyl groups excluding tert-OH is 1. The number of aliphatic hydroxyl groups is 1. The SMILES string of the molecule is C[Te+](Cc1ccccc1Br)CC12CCC(CC1O)C2(C)C.[Br-]. The summed E-state index contributed by atoms with van der Waals surface area (Å²) in [5, 5.41) is 10.7. The van der Waals surface area contributed by atoms with Crippen LogP contribution < -0.4 is 17.0 Å². The molecule has 0 saturated heterocycles. The fourth-order valence-corrected chi connectivity index (χ4v) is 12.8. The first-order valence-corrected chi connectivity index (χ1v) is 14.3. The van der Waals surface area contributed by atoms with E-state index in [1.54, 1.807) is 0 Å². The number of halogens is 2. The normalized spacial score (nSPS) is 32.3. The van der Waals surface area contributed by atoms with Crippen LogP contribution in [0.3, 0.4) is 0 Å². The summed E-state index contributed by atoms with van der Waals surface area (Å²) in [5.74, 6) is 0.752. The van der Waals surface area contributed by atoms with Crippen LogP contribution in [0.15, 0.2) is 28.7 Å². The Balaban J connectivity index is 0.00000176. The first kappa shape index (κ1) is 19.3. The summed E-state index contributed by atoms with van der Waals surface area (Å²) in [7, 11) is 0. The predicted molar refractivity (Wildman–Crippen MR) is 93.8 cm³/mol. The Morgan fingerprint density at radius 2 is 2.00 bits per heavy atom. The van der Waals surface area contributed by atoms with Crippen LogP contribution in [0, 0.1) is 16.7 Å². The Bertz CT molecular complexity index is 534. The molecular weight excluding hydrogens is 520 g/mol. The summed E-state index contributed by atoms with van der Waals surface area (Å²) in [6.07, 6.45) is 3.60. The molecule has 4 heteroatoms. The summed E-state index contributed by atoms with van der Waals surface area (Å²) in [5.41, 5.74) is 2.03. The van der Waals surface area contributed by atoms with E-state index < -0.39 is 19.6 Å². The van der Waals surface area contributed by atoms with Crippen molar-refractivity contribution < 1.29 is 22.1 Å². The third-order valence-electron chi connectivity index (χ3n) is 6.25. The summed E-state index contributed by atoms with van der Waals surface area (Å²) in [6, 6.07) is 8.64.